The van der Waals surface area contributed by atoms with Gasteiger partial charge in [0.2, 0.25) is 5.91 Å². The lowest BCUT2D eigenvalue weighted by atomic mass is 9.84. The quantitative estimate of drug-likeness (QED) is 0.723. The zero-order chi connectivity index (χ0) is 12.0. The molecule has 0 aromatic heterocycles. The first kappa shape index (κ1) is 11.5. The van der Waals surface area contributed by atoms with E-state index in [2.05, 4.69) is 6.92 Å². The monoisotopic (exact) mass is 239 g/mol. The van der Waals surface area contributed by atoms with Crippen LogP contribution in [0.1, 0.15) is 26.2 Å². The maximum Gasteiger partial charge on any atom is 0.226 e. The third kappa shape index (κ3) is 1.97. The molecule has 4 nitrogen and oxygen atoms in total. The summed E-state index contributed by atoms with van der Waals surface area (Å²) in [5.74, 6) is 1.23. The molecule has 3 atom stereocenters. The molecule has 96 valence electrons. The van der Waals surface area contributed by atoms with Gasteiger partial charge < -0.3 is 14.4 Å². The van der Waals surface area contributed by atoms with E-state index in [9.17, 15) is 4.79 Å². The van der Waals surface area contributed by atoms with Gasteiger partial charge in [-0.15, -0.1) is 0 Å². The maximum absolute atomic E-state index is 12.0. The van der Waals surface area contributed by atoms with Gasteiger partial charge in [-0.1, -0.05) is 6.92 Å². The smallest absolute Gasteiger partial charge is 0.226 e. The normalized spacial score (nSPS) is 38.9. The first-order valence-corrected chi connectivity index (χ1v) is 6.59. The molecule has 17 heavy (non-hydrogen) atoms. The predicted molar refractivity (Wildman–Crippen MR) is 62.6 cm³/mol. The van der Waals surface area contributed by atoms with Gasteiger partial charge >= 0.3 is 0 Å². The first-order valence-electron chi connectivity index (χ1n) is 6.59. The zero-order valence-electron chi connectivity index (χ0n) is 10.6. The molecule has 1 amide bonds. The first-order chi connectivity index (χ1) is 8.13. The predicted octanol–water partition coefficient (Wildman–Crippen LogP) is 1.05. The molecular weight excluding hydrogens is 218 g/mol. The highest BCUT2D eigenvalue weighted by Crippen LogP contribution is 2.43. The van der Waals surface area contributed by atoms with E-state index < -0.39 is 0 Å². The molecule has 2 heterocycles. The molecule has 1 saturated carbocycles. The number of rotatable bonds is 2. The standard InChI is InChI=1S/C13H21NO3/c1-9-5-11(9)12(15)14-7-13(8-14)6-10(16-2)3-4-17-13/h9-11H,3-8H2,1-2H3/t9-,10+,11-/m0/s1. The van der Waals surface area contributed by atoms with Gasteiger partial charge in [-0.2, -0.15) is 0 Å². The largest absolute Gasteiger partial charge is 0.381 e. The van der Waals surface area contributed by atoms with Crippen molar-refractivity contribution >= 4 is 5.91 Å². The van der Waals surface area contributed by atoms with E-state index in [-0.39, 0.29) is 5.60 Å². The Labute approximate surface area is 102 Å². The fourth-order valence-corrected chi connectivity index (χ4v) is 3.11. The number of nitrogens with zero attached hydrogens (tertiary/aromatic N) is 1. The molecule has 3 rings (SSSR count). The van der Waals surface area contributed by atoms with Crippen molar-refractivity contribution in [2.75, 3.05) is 26.8 Å². The van der Waals surface area contributed by atoms with Gasteiger partial charge in [0.25, 0.3) is 0 Å². The number of hydrogen-bond donors (Lipinski definition) is 0. The summed E-state index contributed by atoms with van der Waals surface area (Å²) in [4.78, 5) is 14.0. The average Bonchev–Trinajstić information content (AvgIpc) is 3.02. The van der Waals surface area contributed by atoms with Gasteiger partial charge in [-0.25, -0.2) is 0 Å². The van der Waals surface area contributed by atoms with Crippen molar-refractivity contribution in [3.05, 3.63) is 0 Å². The molecular formula is C13H21NO3. The summed E-state index contributed by atoms with van der Waals surface area (Å²) in [6.07, 6.45) is 3.30. The summed E-state index contributed by atoms with van der Waals surface area (Å²) in [6, 6.07) is 0. The number of amides is 1. The lowest BCUT2D eigenvalue weighted by Gasteiger charge is -2.53. The lowest BCUT2D eigenvalue weighted by molar-refractivity contribution is -0.199. The van der Waals surface area contributed by atoms with E-state index in [1.54, 1.807) is 7.11 Å². The minimum absolute atomic E-state index is 0.0906. The molecule has 0 N–H and O–H groups in total. The van der Waals surface area contributed by atoms with Crippen molar-refractivity contribution in [1.82, 2.24) is 4.90 Å². The summed E-state index contributed by atoms with van der Waals surface area (Å²) in [6.45, 7) is 4.46. The van der Waals surface area contributed by atoms with Gasteiger partial charge in [-0.05, 0) is 18.8 Å². The van der Waals surface area contributed by atoms with E-state index in [0.29, 0.717) is 23.8 Å². The average molecular weight is 239 g/mol. The fraction of sp³-hybridized carbons (Fsp3) is 0.923. The second-order valence-electron chi connectivity index (χ2n) is 5.90. The van der Waals surface area contributed by atoms with E-state index in [1.165, 1.54) is 0 Å². The summed E-state index contributed by atoms with van der Waals surface area (Å²) >= 11 is 0. The minimum atomic E-state index is -0.0906. The molecule has 0 radical (unpaired) electrons. The second kappa shape index (κ2) is 3.95. The van der Waals surface area contributed by atoms with Gasteiger partial charge in [-0.3, -0.25) is 4.79 Å². The van der Waals surface area contributed by atoms with Crippen LogP contribution in [-0.4, -0.2) is 49.3 Å². The van der Waals surface area contributed by atoms with E-state index in [1.807, 2.05) is 4.90 Å². The highest BCUT2D eigenvalue weighted by molar-refractivity contribution is 5.82. The lowest BCUT2D eigenvalue weighted by Crippen LogP contribution is -2.67. The summed E-state index contributed by atoms with van der Waals surface area (Å²) < 4.78 is 11.3. The number of ether oxygens (including phenoxy) is 2. The second-order valence-corrected chi connectivity index (χ2v) is 5.90. The molecule has 2 aliphatic heterocycles. The summed E-state index contributed by atoms with van der Waals surface area (Å²) in [7, 11) is 1.76. The van der Waals surface area contributed by atoms with Crippen LogP contribution in [0, 0.1) is 11.8 Å². The van der Waals surface area contributed by atoms with Crippen LogP contribution in [0.3, 0.4) is 0 Å². The summed E-state index contributed by atoms with van der Waals surface area (Å²) in [5, 5.41) is 0. The Bertz CT molecular complexity index is 325. The third-order valence-electron chi connectivity index (χ3n) is 4.48. The Morgan fingerprint density at radius 1 is 1.47 bits per heavy atom. The third-order valence-corrected chi connectivity index (χ3v) is 4.48. The molecule has 0 bridgehead atoms. The number of likely N-dealkylation sites (tertiary alicyclic amines) is 1. The molecule has 1 aliphatic carbocycles. The van der Waals surface area contributed by atoms with Crippen LogP contribution in [-0.2, 0) is 14.3 Å². The van der Waals surface area contributed by atoms with Crippen LogP contribution in [0.5, 0.6) is 0 Å². The minimum Gasteiger partial charge on any atom is -0.381 e. The van der Waals surface area contributed by atoms with Gasteiger partial charge in [0.05, 0.1) is 19.2 Å². The molecule has 1 spiro atoms. The topological polar surface area (TPSA) is 38.8 Å². The Balaban J connectivity index is 1.54. The van der Waals surface area contributed by atoms with E-state index >= 15 is 0 Å². The van der Waals surface area contributed by atoms with Crippen molar-refractivity contribution in [2.45, 2.75) is 37.9 Å². The fourth-order valence-electron chi connectivity index (χ4n) is 3.11. The van der Waals surface area contributed by atoms with Crippen molar-refractivity contribution < 1.29 is 14.3 Å². The van der Waals surface area contributed by atoms with Crippen molar-refractivity contribution in [3.63, 3.8) is 0 Å². The van der Waals surface area contributed by atoms with Crippen molar-refractivity contribution in [3.8, 4) is 0 Å². The van der Waals surface area contributed by atoms with Crippen molar-refractivity contribution in [2.24, 2.45) is 11.8 Å². The Morgan fingerprint density at radius 3 is 2.76 bits per heavy atom. The highest BCUT2D eigenvalue weighted by atomic mass is 16.5. The molecule has 0 aromatic carbocycles. The molecule has 3 aliphatic rings. The number of hydrogen-bond acceptors (Lipinski definition) is 3. The Hall–Kier alpha value is -0.610. The van der Waals surface area contributed by atoms with Crippen LogP contribution in [0.25, 0.3) is 0 Å². The van der Waals surface area contributed by atoms with Crippen molar-refractivity contribution in [1.29, 1.82) is 0 Å². The van der Waals surface area contributed by atoms with Crippen LogP contribution in [0.2, 0.25) is 0 Å². The van der Waals surface area contributed by atoms with Gasteiger partial charge in [0.1, 0.15) is 5.60 Å². The van der Waals surface area contributed by atoms with Crippen LogP contribution >= 0.6 is 0 Å². The zero-order valence-corrected chi connectivity index (χ0v) is 10.6. The van der Waals surface area contributed by atoms with Gasteiger partial charge in [0.15, 0.2) is 0 Å². The van der Waals surface area contributed by atoms with Gasteiger partial charge in [0, 0.05) is 26.1 Å². The Morgan fingerprint density at radius 2 is 2.18 bits per heavy atom. The molecule has 2 saturated heterocycles. The number of carbonyl (C=O) groups excluding carboxylic acids is 1. The molecule has 0 aromatic rings. The SMILES string of the molecule is CO[C@@H]1CCOC2(C1)CN(C(=O)[C@H]1C[C@@H]1C)C2. The molecule has 3 fully saturated rings. The highest BCUT2D eigenvalue weighted by Gasteiger charge is 2.52. The van der Waals surface area contributed by atoms with E-state index in [0.717, 1.165) is 39.0 Å². The maximum atomic E-state index is 12.0. The molecule has 4 heteroatoms. The van der Waals surface area contributed by atoms with E-state index in [4.69, 9.17) is 9.47 Å². The number of carbonyl (C=O) groups is 1. The van der Waals surface area contributed by atoms with Crippen LogP contribution < -0.4 is 0 Å². The molecule has 0 unspecified atom stereocenters. The van der Waals surface area contributed by atoms with Crippen LogP contribution in [0.15, 0.2) is 0 Å². The summed E-state index contributed by atoms with van der Waals surface area (Å²) in [5.41, 5.74) is -0.0906. The number of methoxy groups -OCH3 is 1. The Kier molecular flexibility index (Phi) is 2.67. The van der Waals surface area contributed by atoms with Crippen LogP contribution in [0.4, 0.5) is 0 Å².